The quantitative estimate of drug-likeness (QED) is 0.143. The largest absolute Gasteiger partial charge is 0.508 e. The number of phenols is 3. The third-order valence-corrected chi connectivity index (χ3v) is 6.17. The number of carboxylic acids is 1. The van der Waals surface area contributed by atoms with Crippen molar-refractivity contribution in [1.82, 2.24) is 16.0 Å². The number of carbonyl (C=O) groups excluding carboxylic acids is 3. The van der Waals surface area contributed by atoms with Gasteiger partial charge >= 0.3 is 5.97 Å². The fourth-order valence-corrected chi connectivity index (χ4v) is 3.94. The SMILES string of the molecule is NC(Cc1ccc(O)cc1)C(=O)NC(Cc1ccc(O)cc1)C(=O)NCC(=O)NC(Cc1ccc(O)cc1)C(=O)O. The second-order valence-electron chi connectivity index (χ2n) is 9.46. The number of carbonyl (C=O) groups is 4. The van der Waals surface area contributed by atoms with Gasteiger partial charge in [-0.3, -0.25) is 14.4 Å². The molecular weight excluding hydrogens is 532 g/mol. The van der Waals surface area contributed by atoms with E-state index in [2.05, 4.69) is 16.0 Å². The first-order chi connectivity index (χ1) is 19.5. The molecule has 3 aromatic carbocycles. The summed E-state index contributed by atoms with van der Waals surface area (Å²) < 4.78 is 0. The van der Waals surface area contributed by atoms with Gasteiger partial charge in [0.2, 0.25) is 17.7 Å². The fourth-order valence-electron chi connectivity index (χ4n) is 3.94. The topological polar surface area (TPSA) is 211 Å². The molecule has 0 aliphatic heterocycles. The minimum atomic E-state index is -1.28. The first-order valence-corrected chi connectivity index (χ1v) is 12.7. The highest BCUT2D eigenvalue weighted by Crippen LogP contribution is 2.14. The van der Waals surface area contributed by atoms with Gasteiger partial charge in [0.05, 0.1) is 12.6 Å². The summed E-state index contributed by atoms with van der Waals surface area (Å²) in [4.78, 5) is 50.1. The molecular formula is C29H32N4O8. The lowest BCUT2D eigenvalue weighted by Gasteiger charge is -2.21. The molecule has 41 heavy (non-hydrogen) atoms. The van der Waals surface area contributed by atoms with Gasteiger partial charge in [-0.15, -0.1) is 0 Å². The van der Waals surface area contributed by atoms with Crippen molar-refractivity contribution in [3.8, 4) is 17.2 Å². The molecule has 0 spiro atoms. The number of rotatable bonds is 13. The van der Waals surface area contributed by atoms with Gasteiger partial charge in [0.1, 0.15) is 29.3 Å². The predicted octanol–water partition coefficient (Wildman–Crippen LogP) is 0.329. The highest BCUT2D eigenvalue weighted by atomic mass is 16.4. The zero-order chi connectivity index (χ0) is 29.9. The van der Waals surface area contributed by atoms with E-state index in [-0.39, 0.29) is 36.5 Å². The molecule has 0 heterocycles. The van der Waals surface area contributed by atoms with E-state index in [1.807, 2.05) is 0 Å². The Balaban J connectivity index is 1.63. The molecule has 0 aliphatic carbocycles. The van der Waals surface area contributed by atoms with E-state index in [4.69, 9.17) is 5.73 Å². The molecule has 0 bridgehead atoms. The summed E-state index contributed by atoms with van der Waals surface area (Å²) in [5.74, 6) is -3.27. The highest BCUT2D eigenvalue weighted by molar-refractivity contribution is 5.92. The van der Waals surface area contributed by atoms with Crippen LogP contribution in [0.15, 0.2) is 72.8 Å². The monoisotopic (exact) mass is 564 g/mol. The molecule has 0 aromatic heterocycles. The Labute approximate surface area is 235 Å². The lowest BCUT2D eigenvalue weighted by Crippen LogP contribution is -2.54. The maximum Gasteiger partial charge on any atom is 0.326 e. The summed E-state index contributed by atoms with van der Waals surface area (Å²) in [6.45, 7) is -0.556. The van der Waals surface area contributed by atoms with Crippen LogP contribution in [0, 0.1) is 0 Å². The molecule has 12 nitrogen and oxygen atoms in total. The van der Waals surface area contributed by atoms with Crippen molar-refractivity contribution in [2.75, 3.05) is 6.54 Å². The number of aromatic hydroxyl groups is 3. The third-order valence-electron chi connectivity index (χ3n) is 6.17. The summed E-state index contributed by atoms with van der Waals surface area (Å²) in [6.07, 6.45) is 0.109. The molecule has 3 atom stereocenters. The summed E-state index contributed by atoms with van der Waals surface area (Å²) >= 11 is 0. The second-order valence-corrected chi connectivity index (χ2v) is 9.46. The van der Waals surface area contributed by atoms with Crippen molar-refractivity contribution in [2.24, 2.45) is 5.73 Å². The van der Waals surface area contributed by atoms with E-state index in [0.29, 0.717) is 16.7 Å². The normalized spacial score (nSPS) is 12.9. The van der Waals surface area contributed by atoms with Gasteiger partial charge in [-0.1, -0.05) is 36.4 Å². The van der Waals surface area contributed by atoms with Crippen LogP contribution in [-0.2, 0) is 38.4 Å². The molecule has 0 fully saturated rings. The Kier molecular flexibility index (Phi) is 10.6. The van der Waals surface area contributed by atoms with E-state index in [1.165, 1.54) is 48.5 Å². The van der Waals surface area contributed by atoms with Gasteiger partial charge in [-0.25, -0.2) is 4.79 Å². The average molecular weight is 565 g/mol. The number of carboxylic acid groups (broad SMARTS) is 1. The summed E-state index contributed by atoms with van der Waals surface area (Å²) in [7, 11) is 0. The first-order valence-electron chi connectivity index (χ1n) is 12.7. The Morgan fingerprint density at radius 3 is 1.46 bits per heavy atom. The Bertz CT molecular complexity index is 1340. The molecule has 3 amide bonds. The van der Waals surface area contributed by atoms with Crippen LogP contribution >= 0.6 is 0 Å². The number of aliphatic carboxylic acids is 1. The molecule has 12 heteroatoms. The second kappa shape index (κ2) is 14.3. The molecule has 0 aliphatic rings. The maximum absolute atomic E-state index is 13.1. The molecule has 3 aromatic rings. The van der Waals surface area contributed by atoms with E-state index in [9.17, 15) is 39.6 Å². The van der Waals surface area contributed by atoms with Gasteiger partial charge in [0.15, 0.2) is 0 Å². The zero-order valence-electron chi connectivity index (χ0n) is 22.0. The van der Waals surface area contributed by atoms with Crippen LogP contribution < -0.4 is 21.7 Å². The summed E-state index contributed by atoms with van der Waals surface area (Å²) in [5.41, 5.74) is 7.93. The van der Waals surface area contributed by atoms with Crippen molar-refractivity contribution < 1.29 is 39.6 Å². The van der Waals surface area contributed by atoms with Crippen LogP contribution in [0.4, 0.5) is 0 Å². The molecule has 0 radical (unpaired) electrons. The van der Waals surface area contributed by atoms with E-state index in [1.54, 1.807) is 24.3 Å². The first kappa shape index (κ1) is 30.4. The summed E-state index contributed by atoms with van der Waals surface area (Å²) in [6, 6.07) is 14.6. The van der Waals surface area contributed by atoms with Gasteiger partial charge in [-0.2, -0.15) is 0 Å². The summed E-state index contributed by atoms with van der Waals surface area (Å²) in [5, 5.41) is 45.3. The van der Waals surface area contributed by atoms with Gasteiger partial charge < -0.3 is 42.1 Å². The molecule has 0 saturated carbocycles. The lowest BCUT2D eigenvalue weighted by molar-refractivity contribution is -0.141. The number of hydrogen-bond donors (Lipinski definition) is 8. The van der Waals surface area contributed by atoms with Crippen molar-refractivity contribution >= 4 is 23.7 Å². The van der Waals surface area contributed by atoms with E-state index >= 15 is 0 Å². The Morgan fingerprint density at radius 1 is 0.610 bits per heavy atom. The minimum Gasteiger partial charge on any atom is -0.508 e. The standard InChI is InChI=1S/C29H32N4O8/c30-23(13-17-1-7-20(34)8-2-17)27(38)33-24(14-18-3-9-21(35)10-4-18)28(39)31-16-26(37)32-25(29(40)41)15-19-5-11-22(36)12-6-19/h1-12,23-25,34-36H,13-16,30H2,(H,31,39)(H,32,37)(H,33,38)(H,40,41). The Morgan fingerprint density at radius 2 is 1.02 bits per heavy atom. The van der Waals surface area contributed by atoms with Crippen molar-refractivity contribution in [3.05, 3.63) is 89.5 Å². The highest BCUT2D eigenvalue weighted by Gasteiger charge is 2.26. The minimum absolute atomic E-state index is 0.0163. The third kappa shape index (κ3) is 9.86. The number of amides is 3. The van der Waals surface area contributed by atoms with Crippen LogP contribution in [0.3, 0.4) is 0 Å². The van der Waals surface area contributed by atoms with Crippen LogP contribution in [0.25, 0.3) is 0 Å². The van der Waals surface area contributed by atoms with E-state index in [0.717, 1.165) is 0 Å². The molecule has 3 unspecified atom stereocenters. The van der Waals surface area contributed by atoms with Gasteiger partial charge in [0, 0.05) is 12.8 Å². The number of benzene rings is 3. The van der Waals surface area contributed by atoms with E-state index < -0.39 is 48.4 Å². The van der Waals surface area contributed by atoms with Crippen molar-refractivity contribution in [2.45, 2.75) is 37.4 Å². The van der Waals surface area contributed by atoms with Gasteiger partial charge in [0.25, 0.3) is 0 Å². The zero-order valence-corrected chi connectivity index (χ0v) is 22.0. The van der Waals surface area contributed by atoms with Crippen LogP contribution in [-0.4, -0.2) is 68.8 Å². The fraction of sp³-hybridized carbons (Fsp3) is 0.241. The molecule has 3 rings (SSSR count). The molecule has 216 valence electrons. The van der Waals surface area contributed by atoms with Crippen molar-refractivity contribution in [1.29, 1.82) is 0 Å². The number of nitrogens with two attached hydrogens (primary N) is 1. The average Bonchev–Trinajstić information content (AvgIpc) is 2.94. The maximum atomic E-state index is 13.1. The smallest absolute Gasteiger partial charge is 0.326 e. The Hall–Kier alpha value is -5.10. The lowest BCUT2D eigenvalue weighted by atomic mass is 10.0. The molecule has 9 N–H and O–H groups in total. The molecule has 0 saturated heterocycles. The van der Waals surface area contributed by atoms with Crippen LogP contribution in [0.1, 0.15) is 16.7 Å². The predicted molar refractivity (Wildman–Crippen MR) is 148 cm³/mol. The number of hydrogen-bond acceptors (Lipinski definition) is 8. The van der Waals surface area contributed by atoms with Crippen LogP contribution in [0.5, 0.6) is 17.2 Å². The van der Waals surface area contributed by atoms with Crippen molar-refractivity contribution in [3.63, 3.8) is 0 Å². The van der Waals surface area contributed by atoms with Gasteiger partial charge in [-0.05, 0) is 59.5 Å². The number of nitrogens with one attached hydrogen (secondary N) is 3. The number of phenolic OH excluding ortho intramolecular Hbond substituents is 3. The van der Waals surface area contributed by atoms with Crippen LogP contribution in [0.2, 0.25) is 0 Å².